The second-order valence-electron chi connectivity index (χ2n) is 5.35. The molecule has 0 aromatic rings. The third-order valence-corrected chi connectivity index (χ3v) is 4.17. The summed E-state index contributed by atoms with van der Waals surface area (Å²) in [6.07, 6.45) is 11.1. The third kappa shape index (κ3) is 2.82. The van der Waals surface area contributed by atoms with Crippen LogP contribution in [0.4, 0.5) is 0 Å². The van der Waals surface area contributed by atoms with E-state index < -0.39 is 0 Å². The molecule has 1 amide bonds. The molecule has 1 atom stereocenters. The van der Waals surface area contributed by atoms with E-state index in [1.54, 1.807) is 4.90 Å². The topological polar surface area (TPSA) is 32.3 Å². The van der Waals surface area contributed by atoms with Crippen LogP contribution < -0.4 is 5.32 Å². The van der Waals surface area contributed by atoms with E-state index >= 15 is 0 Å². The van der Waals surface area contributed by atoms with E-state index in [1.807, 2.05) is 20.0 Å². The van der Waals surface area contributed by atoms with Crippen LogP contribution in [0.15, 0.2) is 11.9 Å². The molecule has 1 saturated carbocycles. The van der Waals surface area contributed by atoms with Crippen molar-refractivity contribution >= 4 is 5.91 Å². The smallest absolute Gasteiger partial charge is 0.250 e. The van der Waals surface area contributed by atoms with Crippen molar-refractivity contribution < 1.29 is 4.79 Å². The Kier molecular flexibility index (Phi) is 4.08. The molecule has 0 bridgehead atoms. The molecule has 1 N–H and O–H groups in total. The highest BCUT2D eigenvalue weighted by atomic mass is 16.2. The summed E-state index contributed by atoms with van der Waals surface area (Å²) in [6.45, 7) is 1.97. The fourth-order valence-corrected chi connectivity index (χ4v) is 3.04. The number of carbonyl (C=O) groups is 1. The van der Waals surface area contributed by atoms with Crippen LogP contribution in [0.25, 0.3) is 0 Å². The lowest BCUT2D eigenvalue weighted by molar-refractivity contribution is -0.127. The first-order chi connectivity index (χ1) is 8.22. The standard InChI is InChI=1S/C14H24N2O/c1-3-13-15-12(14(17)16(13)2)10-9-11-7-5-4-6-8-11/h3,11-12,15H,4-10H2,1-2H3/b13-3+. The zero-order valence-electron chi connectivity index (χ0n) is 11.0. The van der Waals surface area contributed by atoms with Gasteiger partial charge in [0.05, 0.1) is 0 Å². The molecule has 1 aliphatic carbocycles. The van der Waals surface area contributed by atoms with E-state index in [0.29, 0.717) is 0 Å². The van der Waals surface area contributed by atoms with Crippen LogP contribution in [0.1, 0.15) is 51.9 Å². The Hall–Kier alpha value is -0.990. The fourth-order valence-electron chi connectivity index (χ4n) is 3.04. The van der Waals surface area contributed by atoms with Gasteiger partial charge in [0.15, 0.2) is 0 Å². The van der Waals surface area contributed by atoms with Gasteiger partial charge >= 0.3 is 0 Å². The van der Waals surface area contributed by atoms with Gasteiger partial charge in [-0.05, 0) is 31.8 Å². The summed E-state index contributed by atoms with van der Waals surface area (Å²) in [4.78, 5) is 13.7. The number of hydrogen-bond donors (Lipinski definition) is 1. The Morgan fingerprint density at radius 1 is 1.29 bits per heavy atom. The highest BCUT2D eigenvalue weighted by Gasteiger charge is 2.32. The predicted octanol–water partition coefficient (Wildman–Crippen LogP) is 2.64. The summed E-state index contributed by atoms with van der Waals surface area (Å²) < 4.78 is 0. The Morgan fingerprint density at radius 2 is 2.00 bits per heavy atom. The van der Waals surface area contributed by atoms with Crippen molar-refractivity contribution in [1.82, 2.24) is 10.2 Å². The maximum atomic E-state index is 12.0. The molecular formula is C14H24N2O. The molecule has 1 saturated heterocycles. The molecule has 96 valence electrons. The number of amides is 1. The zero-order valence-corrected chi connectivity index (χ0v) is 11.0. The van der Waals surface area contributed by atoms with Crippen molar-refractivity contribution in [3.05, 3.63) is 11.9 Å². The average Bonchev–Trinajstić information content (AvgIpc) is 2.65. The van der Waals surface area contributed by atoms with Gasteiger partial charge in [0.1, 0.15) is 11.9 Å². The summed E-state index contributed by atoms with van der Waals surface area (Å²) >= 11 is 0. The van der Waals surface area contributed by atoms with Crippen LogP contribution in [-0.4, -0.2) is 23.9 Å². The van der Waals surface area contributed by atoms with E-state index in [1.165, 1.54) is 38.5 Å². The molecule has 0 aromatic carbocycles. The van der Waals surface area contributed by atoms with E-state index in [-0.39, 0.29) is 11.9 Å². The Bertz CT molecular complexity index is 305. The lowest BCUT2D eigenvalue weighted by Crippen LogP contribution is -2.29. The maximum absolute atomic E-state index is 12.0. The second kappa shape index (κ2) is 5.56. The highest BCUT2D eigenvalue weighted by molar-refractivity contribution is 5.86. The molecular weight excluding hydrogens is 212 g/mol. The van der Waals surface area contributed by atoms with Crippen LogP contribution in [0.5, 0.6) is 0 Å². The average molecular weight is 236 g/mol. The molecule has 2 fully saturated rings. The fraction of sp³-hybridized carbons (Fsp3) is 0.786. The van der Waals surface area contributed by atoms with Crippen LogP contribution in [0.3, 0.4) is 0 Å². The normalized spacial score (nSPS) is 28.8. The van der Waals surface area contributed by atoms with Crippen molar-refractivity contribution in [3.63, 3.8) is 0 Å². The monoisotopic (exact) mass is 236 g/mol. The summed E-state index contributed by atoms with van der Waals surface area (Å²) in [5.41, 5.74) is 0. The maximum Gasteiger partial charge on any atom is 0.250 e. The van der Waals surface area contributed by atoms with Gasteiger partial charge in [0.25, 0.3) is 0 Å². The Balaban J connectivity index is 1.81. The van der Waals surface area contributed by atoms with E-state index in [4.69, 9.17) is 0 Å². The zero-order chi connectivity index (χ0) is 12.3. The number of hydrogen-bond acceptors (Lipinski definition) is 2. The summed E-state index contributed by atoms with van der Waals surface area (Å²) in [7, 11) is 1.85. The lowest BCUT2D eigenvalue weighted by atomic mass is 9.85. The number of carbonyl (C=O) groups excluding carboxylic acids is 1. The van der Waals surface area contributed by atoms with Gasteiger partial charge in [-0.25, -0.2) is 0 Å². The van der Waals surface area contributed by atoms with Crippen molar-refractivity contribution in [3.8, 4) is 0 Å². The molecule has 1 unspecified atom stereocenters. The van der Waals surface area contributed by atoms with Crippen LogP contribution in [0.2, 0.25) is 0 Å². The van der Waals surface area contributed by atoms with Crippen molar-refractivity contribution in [2.75, 3.05) is 7.05 Å². The van der Waals surface area contributed by atoms with Gasteiger partial charge in [-0.2, -0.15) is 0 Å². The molecule has 0 aromatic heterocycles. The minimum Gasteiger partial charge on any atom is -0.360 e. The van der Waals surface area contributed by atoms with Gasteiger partial charge in [0, 0.05) is 7.05 Å². The van der Waals surface area contributed by atoms with Gasteiger partial charge in [-0.1, -0.05) is 32.1 Å². The van der Waals surface area contributed by atoms with Crippen LogP contribution in [0, 0.1) is 5.92 Å². The first kappa shape index (κ1) is 12.5. The number of nitrogens with one attached hydrogen (secondary N) is 1. The number of nitrogens with zero attached hydrogens (tertiary/aromatic N) is 1. The van der Waals surface area contributed by atoms with Gasteiger partial charge in [0.2, 0.25) is 5.91 Å². The van der Waals surface area contributed by atoms with Gasteiger partial charge in [-0.15, -0.1) is 0 Å². The highest BCUT2D eigenvalue weighted by Crippen LogP contribution is 2.28. The van der Waals surface area contributed by atoms with Crippen molar-refractivity contribution in [1.29, 1.82) is 0 Å². The van der Waals surface area contributed by atoms with Crippen LogP contribution >= 0.6 is 0 Å². The summed E-state index contributed by atoms with van der Waals surface area (Å²) in [5, 5.41) is 3.32. The third-order valence-electron chi connectivity index (χ3n) is 4.17. The molecule has 1 aliphatic heterocycles. The molecule has 0 radical (unpaired) electrons. The van der Waals surface area contributed by atoms with E-state index in [9.17, 15) is 4.79 Å². The molecule has 2 aliphatic rings. The number of allylic oxidation sites excluding steroid dienone is 1. The van der Waals surface area contributed by atoms with Crippen LogP contribution in [-0.2, 0) is 4.79 Å². The molecule has 1 heterocycles. The minimum atomic E-state index is 0.0214. The Labute approximate surface area is 104 Å². The summed E-state index contributed by atoms with van der Waals surface area (Å²) in [6, 6.07) is 0.0214. The van der Waals surface area contributed by atoms with Gasteiger partial charge < -0.3 is 10.2 Å². The molecule has 17 heavy (non-hydrogen) atoms. The Morgan fingerprint density at radius 3 is 2.59 bits per heavy atom. The predicted molar refractivity (Wildman–Crippen MR) is 69.3 cm³/mol. The lowest BCUT2D eigenvalue weighted by Gasteiger charge is -2.22. The molecule has 2 rings (SSSR count). The quantitative estimate of drug-likeness (QED) is 0.817. The van der Waals surface area contributed by atoms with E-state index in [0.717, 1.165) is 18.2 Å². The number of likely N-dealkylation sites (N-methyl/N-ethyl adjacent to an activating group) is 1. The first-order valence-electron chi connectivity index (χ1n) is 6.92. The molecule has 3 nitrogen and oxygen atoms in total. The van der Waals surface area contributed by atoms with Crippen molar-refractivity contribution in [2.45, 2.75) is 57.9 Å². The second-order valence-corrected chi connectivity index (χ2v) is 5.35. The molecule has 0 spiro atoms. The molecule has 3 heteroatoms. The summed E-state index contributed by atoms with van der Waals surface area (Å²) in [5.74, 6) is 2.05. The largest absolute Gasteiger partial charge is 0.360 e. The van der Waals surface area contributed by atoms with E-state index in [2.05, 4.69) is 5.32 Å². The SMILES string of the molecule is C/C=C1\NC(CCC2CCCCC2)C(=O)N1C. The number of rotatable bonds is 3. The minimum absolute atomic E-state index is 0.0214. The van der Waals surface area contributed by atoms with Gasteiger partial charge in [-0.3, -0.25) is 4.79 Å². The van der Waals surface area contributed by atoms with Crippen molar-refractivity contribution in [2.24, 2.45) is 5.92 Å². The first-order valence-corrected chi connectivity index (χ1v) is 6.92.